The van der Waals surface area contributed by atoms with Gasteiger partial charge in [0, 0.05) is 0 Å². The molecule has 0 aliphatic carbocycles. The van der Waals surface area contributed by atoms with Crippen LogP contribution in [0.2, 0.25) is 0 Å². The first-order valence-corrected chi connectivity index (χ1v) is 7.81. The van der Waals surface area contributed by atoms with Gasteiger partial charge in [0.05, 0.1) is 19.0 Å². The standard InChI is InChI=1S/C15H21N5O5/c1-7(2)3-9(22)15-13(16)17-5-18-14(15)20(6-19-15)12-11(24)10(23)8(4-21)25-12/h5-6,8-12,16,21-24H,1,3-4H2,2H3/t8-,9?,10-,11-,12-,15?/m1/s1. The number of ether oxygens (including phenoxy) is 1. The maximum absolute atomic E-state index is 10.7. The summed E-state index contributed by atoms with van der Waals surface area (Å²) in [6, 6.07) is 0. The van der Waals surface area contributed by atoms with E-state index in [4.69, 9.17) is 10.1 Å². The van der Waals surface area contributed by atoms with Crippen molar-refractivity contribution in [3.05, 3.63) is 12.2 Å². The maximum atomic E-state index is 10.7. The monoisotopic (exact) mass is 351 g/mol. The quantitative estimate of drug-likeness (QED) is 0.370. The third kappa shape index (κ3) is 2.62. The summed E-state index contributed by atoms with van der Waals surface area (Å²) in [6.07, 6.45) is -3.13. The molecule has 0 spiro atoms. The van der Waals surface area contributed by atoms with Crippen molar-refractivity contribution in [2.75, 3.05) is 6.61 Å². The van der Waals surface area contributed by atoms with Gasteiger partial charge in [0.2, 0.25) is 5.54 Å². The van der Waals surface area contributed by atoms with E-state index in [-0.39, 0.29) is 18.1 Å². The van der Waals surface area contributed by atoms with Crippen molar-refractivity contribution in [2.45, 2.75) is 49.5 Å². The second-order valence-electron chi connectivity index (χ2n) is 6.37. The molecule has 0 amide bonds. The van der Waals surface area contributed by atoms with E-state index < -0.39 is 42.8 Å². The van der Waals surface area contributed by atoms with E-state index in [1.165, 1.54) is 11.2 Å². The normalized spacial score (nSPS) is 38.0. The van der Waals surface area contributed by atoms with Gasteiger partial charge in [0.25, 0.3) is 0 Å². The number of aliphatic hydroxyl groups excluding tert-OH is 4. The molecule has 0 saturated carbocycles. The first-order chi connectivity index (χ1) is 11.8. The molecular weight excluding hydrogens is 330 g/mol. The molecule has 10 heteroatoms. The Morgan fingerprint density at radius 3 is 2.80 bits per heavy atom. The summed E-state index contributed by atoms with van der Waals surface area (Å²) >= 11 is 0. The summed E-state index contributed by atoms with van der Waals surface area (Å²) in [7, 11) is 0. The molecule has 0 radical (unpaired) electrons. The van der Waals surface area contributed by atoms with Gasteiger partial charge in [-0.15, -0.1) is 6.58 Å². The molecule has 2 unspecified atom stereocenters. The molecule has 5 N–H and O–H groups in total. The zero-order valence-electron chi connectivity index (χ0n) is 13.6. The molecule has 6 atom stereocenters. The first kappa shape index (κ1) is 17.8. The Hall–Kier alpha value is -1.98. The van der Waals surface area contributed by atoms with Gasteiger partial charge in [0.1, 0.15) is 24.7 Å². The van der Waals surface area contributed by atoms with E-state index in [0.717, 1.165) is 6.34 Å². The SMILES string of the molecule is C=C(C)CC(O)C12N=CN([C@@H]3O[C@H](CO)[C@@H](O)[C@H]3O)C1=NC=NC2=N. The van der Waals surface area contributed by atoms with Crippen molar-refractivity contribution >= 4 is 24.3 Å². The predicted octanol–water partition coefficient (Wildman–Crippen LogP) is -1.75. The van der Waals surface area contributed by atoms with Crippen LogP contribution in [-0.4, -0.2) is 92.5 Å². The summed E-state index contributed by atoms with van der Waals surface area (Å²) in [5, 5.41) is 48.3. The minimum Gasteiger partial charge on any atom is -0.394 e. The molecule has 0 bridgehead atoms. The number of amidine groups is 2. The molecule has 25 heavy (non-hydrogen) atoms. The lowest BCUT2D eigenvalue weighted by Crippen LogP contribution is -2.59. The predicted molar refractivity (Wildman–Crippen MR) is 89.9 cm³/mol. The van der Waals surface area contributed by atoms with Gasteiger partial charge < -0.3 is 25.2 Å². The molecule has 1 saturated heterocycles. The van der Waals surface area contributed by atoms with Crippen molar-refractivity contribution in [1.29, 1.82) is 5.41 Å². The Morgan fingerprint density at radius 2 is 2.20 bits per heavy atom. The van der Waals surface area contributed by atoms with Crippen molar-refractivity contribution in [2.24, 2.45) is 15.0 Å². The van der Waals surface area contributed by atoms with Gasteiger partial charge >= 0.3 is 0 Å². The zero-order chi connectivity index (χ0) is 18.4. The van der Waals surface area contributed by atoms with Gasteiger partial charge in [-0.1, -0.05) is 5.57 Å². The fraction of sp³-hybridized carbons (Fsp3) is 0.600. The highest BCUT2D eigenvalue weighted by atomic mass is 16.6. The molecular formula is C15H21N5O5. The number of aliphatic hydroxyl groups is 4. The fourth-order valence-corrected chi connectivity index (χ4v) is 3.20. The Morgan fingerprint density at radius 1 is 1.48 bits per heavy atom. The Kier molecular flexibility index (Phi) is 4.56. The zero-order valence-corrected chi connectivity index (χ0v) is 13.6. The lowest BCUT2D eigenvalue weighted by Gasteiger charge is -2.36. The van der Waals surface area contributed by atoms with Gasteiger partial charge in [-0.05, 0) is 13.3 Å². The van der Waals surface area contributed by atoms with E-state index in [1.54, 1.807) is 6.92 Å². The van der Waals surface area contributed by atoms with Crippen LogP contribution in [0.25, 0.3) is 0 Å². The van der Waals surface area contributed by atoms with Crippen LogP contribution in [0.5, 0.6) is 0 Å². The summed E-state index contributed by atoms with van der Waals surface area (Å²) in [5.74, 6) is -0.0344. The van der Waals surface area contributed by atoms with E-state index in [0.29, 0.717) is 5.57 Å². The van der Waals surface area contributed by atoms with E-state index in [9.17, 15) is 20.4 Å². The molecule has 0 aromatic carbocycles. The Bertz CT molecular complexity index is 677. The summed E-state index contributed by atoms with van der Waals surface area (Å²) in [4.78, 5) is 13.6. The number of hydrogen-bond acceptors (Lipinski definition) is 9. The van der Waals surface area contributed by atoms with Gasteiger partial charge in [-0.25, -0.2) is 15.0 Å². The number of hydrogen-bond donors (Lipinski definition) is 5. The first-order valence-electron chi connectivity index (χ1n) is 7.81. The highest BCUT2D eigenvalue weighted by molar-refractivity contribution is 6.24. The molecule has 3 heterocycles. The van der Waals surface area contributed by atoms with E-state index in [2.05, 4.69) is 21.6 Å². The number of aliphatic imine (C=N–C) groups is 3. The van der Waals surface area contributed by atoms with Crippen LogP contribution in [0.15, 0.2) is 27.1 Å². The topological polar surface area (TPSA) is 154 Å². The maximum Gasteiger partial charge on any atom is 0.204 e. The second-order valence-corrected chi connectivity index (χ2v) is 6.37. The molecule has 10 nitrogen and oxygen atoms in total. The highest BCUT2D eigenvalue weighted by Gasteiger charge is 2.57. The summed E-state index contributed by atoms with van der Waals surface area (Å²) < 4.78 is 5.50. The second kappa shape index (κ2) is 6.39. The molecule has 0 aromatic rings. The third-order valence-electron chi connectivity index (χ3n) is 4.51. The van der Waals surface area contributed by atoms with E-state index in [1.807, 2.05) is 0 Å². The minimum atomic E-state index is -1.53. The van der Waals surface area contributed by atoms with Gasteiger partial charge in [-0.3, -0.25) is 10.3 Å². The number of fused-ring (bicyclic) bond motifs is 1. The van der Waals surface area contributed by atoms with Crippen LogP contribution in [0.3, 0.4) is 0 Å². The van der Waals surface area contributed by atoms with Crippen LogP contribution < -0.4 is 0 Å². The molecule has 3 aliphatic heterocycles. The minimum absolute atomic E-state index is 0.163. The number of rotatable bonds is 5. The molecule has 3 rings (SSSR count). The van der Waals surface area contributed by atoms with Gasteiger partial charge in [0.15, 0.2) is 17.9 Å². The summed E-state index contributed by atoms with van der Waals surface area (Å²) in [5.41, 5.74) is -0.830. The van der Waals surface area contributed by atoms with Crippen molar-refractivity contribution in [1.82, 2.24) is 4.90 Å². The van der Waals surface area contributed by atoms with E-state index >= 15 is 0 Å². The molecule has 1 fully saturated rings. The van der Waals surface area contributed by atoms with Crippen LogP contribution in [0.4, 0.5) is 0 Å². The van der Waals surface area contributed by atoms with Crippen molar-refractivity contribution in [3.8, 4) is 0 Å². The summed E-state index contributed by atoms with van der Waals surface area (Å²) in [6.45, 7) is 5.05. The lowest BCUT2D eigenvalue weighted by molar-refractivity contribution is -0.0515. The van der Waals surface area contributed by atoms with Crippen LogP contribution >= 0.6 is 0 Å². The average molecular weight is 351 g/mol. The Balaban J connectivity index is 1.94. The largest absolute Gasteiger partial charge is 0.394 e. The Labute approximate surface area is 144 Å². The van der Waals surface area contributed by atoms with Crippen molar-refractivity contribution < 1.29 is 25.2 Å². The fourth-order valence-electron chi connectivity index (χ4n) is 3.20. The van der Waals surface area contributed by atoms with Crippen LogP contribution in [-0.2, 0) is 4.74 Å². The third-order valence-corrected chi connectivity index (χ3v) is 4.51. The van der Waals surface area contributed by atoms with Crippen LogP contribution in [0.1, 0.15) is 13.3 Å². The highest BCUT2D eigenvalue weighted by Crippen LogP contribution is 2.35. The van der Waals surface area contributed by atoms with Crippen LogP contribution in [0, 0.1) is 5.41 Å². The average Bonchev–Trinajstić information content (AvgIpc) is 3.08. The number of nitrogens with zero attached hydrogens (tertiary/aromatic N) is 4. The molecule has 3 aliphatic rings. The van der Waals surface area contributed by atoms with Crippen molar-refractivity contribution in [3.63, 3.8) is 0 Å². The number of nitrogens with one attached hydrogen (secondary N) is 1. The van der Waals surface area contributed by atoms with Gasteiger partial charge in [-0.2, -0.15) is 0 Å². The lowest BCUT2D eigenvalue weighted by atomic mass is 9.86. The smallest absolute Gasteiger partial charge is 0.204 e. The molecule has 0 aromatic heterocycles. The molecule has 136 valence electrons.